The van der Waals surface area contributed by atoms with Gasteiger partial charge in [0.1, 0.15) is 11.5 Å². The Morgan fingerprint density at radius 3 is 2.85 bits per heavy atom. The van der Waals surface area contributed by atoms with Crippen LogP contribution in [-0.4, -0.2) is 35.1 Å². The predicted octanol–water partition coefficient (Wildman–Crippen LogP) is 3.96. The number of hydrogen-bond acceptors (Lipinski definition) is 6. The van der Waals surface area contributed by atoms with Crippen LogP contribution < -0.4 is 14.8 Å². The van der Waals surface area contributed by atoms with Crippen LogP contribution in [0.4, 0.5) is 5.13 Å². The molecule has 2 aromatic carbocycles. The largest absolute Gasteiger partial charge is 0.497 e. The molecule has 0 fully saturated rings. The van der Waals surface area contributed by atoms with Crippen LogP contribution in [-0.2, 0) is 0 Å². The molecule has 0 aliphatic heterocycles. The van der Waals surface area contributed by atoms with Crippen LogP contribution in [0.5, 0.6) is 11.5 Å². The molecule has 8 heteroatoms. The molecule has 4 rings (SSSR count). The molecule has 2 heterocycles. The van der Waals surface area contributed by atoms with Gasteiger partial charge in [-0.1, -0.05) is 0 Å². The zero-order chi connectivity index (χ0) is 18.8. The van der Waals surface area contributed by atoms with Crippen molar-refractivity contribution in [1.29, 1.82) is 0 Å². The van der Waals surface area contributed by atoms with Crippen molar-refractivity contribution < 1.29 is 14.3 Å². The highest BCUT2D eigenvalue weighted by Gasteiger charge is 2.14. The maximum atomic E-state index is 12.5. The van der Waals surface area contributed by atoms with Gasteiger partial charge in [-0.05, 0) is 30.3 Å². The van der Waals surface area contributed by atoms with Crippen molar-refractivity contribution in [2.45, 2.75) is 0 Å². The third kappa shape index (κ3) is 3.34. The third-order valence-electron chi connectivity index (χ3n) is 4.09. The minimum absolute atomic E-state index is 0.228. The molecule has 7 nitrogen and oxygen atoms in total. The van der Waals surface area contributed by atoms with Crippen LogP contribution >= 0.6 is 11.3 Å². The summed E-state index contributed by atoms with van der Waals surface area (Å²) in [5, 5.41) is 5.22. The summed E-state index contributed by atoms with van der Waals surface area (Å²) in [6.07, 6.45) is 1.60. The van der Waals surface area contributed by atoms with Gasteiger partial charge in [-0.15, -0.1) is 11.3 Å². The van der Waals surface area contributed by atoms with Gasteiger partial charge >= 0.3 is 0 Å². The molecule has 0 aliphatic rings. The lowest BCUT2D eigenvalue weighted by Crippen LogP contribution is -2.11. The number of ether oxygens (including phenoxy) is 2. The fourth-order valence-corrected chi connectivity index (χ4v) is 3.42. The van der Waals surface area contributed by atoms with E-state index in [0.29, 0.717) is 22.2 Å². The molecule has 0 saturated heterocycles. The maximum Gasteiger partial charge on any atom is 0.257 e. The topological polar surface area (TPSA) is 89.1 Å². The molecule has 0 radical (unpaired) electrons. The minimum Gasteiger partial charge on any atom is -0.497 e. The second-order valence-electron chi connectivity index (χ2n) is 5.69. The highest BCUT2D eigenvalue weighted by molar-refractivity contribution is 7.14. The second kappa shape index (κ2) is 7.08. The van der Waals surface area contributed by atoms with Crippen LogP contribution in [0, 0.1) is 0 Å². The fraction of sp³-hybridized carbons (Fsp3) is 0.105. The van der Waals surface area contributed by atoms with Gasteiger partial charge in [0.25, 0.3) is 5.91 Å². The number of nitrogens with zero attached hydrogens (tertiary/aromatic N) is 2. The van der Waals surface area contributed by atoms with E-state index in [4.69, 9.17) is 9.47 Å². The summed E-state index contributed by atoms with van der Waals surface area (Å²) in [7, 11) is 3.20. The summed E-state index contributed by atoms with van der Waals surface area (Å²) in [6, 6.07) is 10.8. The first-order valence-electron chi connectivity index (χ1n) is 8.10. The molecule has 0 unspecified atom stereocenters. The molecule has 2 N–H and O–H groups in total. The standard InChI is InChI=1S/C19H16N4O3S/c1-25-12-4-5-13(17(8-12)26-2)16-9-27-19(22-16)23-18(24)11-3-6-14-15(7-11)21-10-20-14/h3-10H,1-2H3,(H,20,21)(H,22,23,24). The van der Waals surface area contributed by atoms with E-state index in [2.05, 4.69) is 20.3 Å². The highest BCUT2D eigenvalue weighted by atomic mass is 32.1. The van der Waals surface area contributed by atoms with Crippen molar-refractivity contribution in [3.05, 3.63) is 53.7 Å². The average molecular weight is 380 g/mol. The molecular formula is C19H16N4O3S. The number of amides is 1. The number of nitrogens with one attached hydrogen (secondary N) is 2. The Morgan fingerprint density at radius 2 is 2.04 bits per heavy atom. The Labute approximate surface area is 159 Å². The molecule has 27 heavy (non-hydrogen) atoms. The van der Waals surface area contributed by atoms with Gasteiger partial charge in [0.2, 0.25) is 0 Å². The number of methoxy groups -OCH3 is 2. The summed E-state index contributed by atoms with van der Waals surface area (Å²) in [4.78, 5) is 24.2. The van der Waals surface area contributed by atoms with Crippen molar-refractivity contribution in [1.82, 2.24) is 15.0 Å². The molecule has 1 amide bonds. The number of carbonyl (C=O) groups is 1. The summed E-state index contributed by atoms with van der Waals surface area (Å²) >= 11 is 1.35. The molecule has 0 aliphatic carbocycles. The number of aromatic nitrogens is 3. The Morgan fingerprint density at radius 1 is 1.15 bits per heavy atom. The molecule has 4 aromatic rings. The first kappa shape index (κ1) is 17.0. The fourth-order valence-electron chi connectivity index (χ4n) is 2.71. The Bertz CT molecular complexity index is 1120. The van der Waals surface area contributed by atoms with Gasteiger partial charge < -0.3 is 14.5 Å². The Kier molecular flexibility index (Phi) is 4.47. The highest BCUT2D eigenvalue weighted by Crippen LogP contribution is 2.34. The van der Waals surface area contributed by atoms with E-state index in [1.54, 1.807) is 44.8 Å². The van der Waals surface area contributed by atoms with Crippen molar-refractivity contribution >= 4 is 33.4 Å². The minimum atomic E-state index is -0.228. The SMILES string of the molecule is COc1ccc(-c2csc(NC(=O)c3ccc4nc[nH]c4c3)n2)c(OC)c1. The zero-order valence-corrected chi connectivity index (χ0v) is 15.5. The smallest absolute Gasteiger partial charge is 0.257 e. The Balaban J connectivity index is 1.56. The molecule has 0 spiro atoms. The summed E-state index contributed by atoms with van der Waals surface area (Å²) in [5.41, 5.74) is 3.71. The number of benzene rings is 2. The third-order valence-corrected chi connectivity index (χ3v) is 4.85. The first-order valence-corrected chi connectivity index (χ1v) is 8.98. The normalized spacial score (nSPS) is 10.7. The number of hydrogen-bond donors (Lipinski definition) is 2. The van der Waals surface area contributed by atoms with E-state index in [9.17, 15) is 4.79 Å². The number of rotatable bonds is 5. The number of imidazole rings is 1. The van der Waals surface area contributed by atoms with E-state index < -0.39 is 0 Å². The van der Waals surface area contributed by atoms with Crippen molar-refractivity contribution in [2.24, 2.45) is 0 Å². The monoisotopic (exact) mass is 380 g/mol. The number of fused-ring (bicyclic) bond motifs is 1. The van der Waals surface area contributed by atoms with Gasteiger partial charge in [-0.3, -0.25) is 10.1 Å². The van der Waals surface area contributed by atoms with Gasteiger partial charge in [-0.25, -0.2) is 9.97 Å². The molecular weight excluding hydrogens is 364 g/mol. The van der Waals surface area contributed by atoms with Crippen LogP contribution in [0.2, 0.25) is 0 Å². The van der Waals surface area contributed by atoms with Crippen LogP contribution in [0.1, 0.15) is 10.4 Å². The van der Waals surface area contributed by atoms with Crippen LogP contribution in [0.3, 0.4) is 0 Å². The molecule has 0 atom stereocenters. The van der Waals surface area contributed by atoms with E-state index in [0.717, 1.165) is 22.3 Å². The van der Waals surface area contributed by atoms with E-state index >= 15 is 0 Å². The van der Waals surface area contributed by atoms with Crippen LogP contribution in [0.15, 0.2) is 48.1 Å². The van der Waals surface area contributed by atoms with Crippen molar-refractivity contribution in [3.8, 4) is 22.8 Å². The number of anilines is 1. The molecule has 2 aromatic heterocycles. The quantitative estimate of drug-likeness (QED) is 0.547. The predicted molar refractivity (Wildman–Crippen MR) is 105 cm³/mol. The van der Waals surface area contributed by atoms with Crippen molar-refractivity contribution in [2.75, 3.05) is 19.5 Å². The summed E-state index contributed by atoms with van der Waals surface area (Å²) in [5.74, 6) is 1.13. The van der Waals surface area contributed by atoms with Gasteiger partial charge in [0.05, 0.1) is 37.3 Å². The summed E-state index contributed by atoms with van der Waals surface area (Å²) < 4.78 is 10.6. The van der Waals surface area contributed by atoms with Crippen LogP contribution in [0.25, 0.3) is 22.3 Å². The number of H-pyrrole nitrogens is 1. The lowest BCUT2D eigenvalue weighted by atomic mass is 10.1. The average Bonchev–Trinajstić information content (AvgIpc) is 3.36. The number of aromatic amines is 1. The van der Waals surface area contributed by atoms with Gasteiger partial charge in [0.15, 0.2) is 5.13 Å². The maximum absolute atomic E-state index is 12.5. The second-order valence-corrected chi connectivity index (χ2v) is 6.55. The number of carbonyl (C=O) groups excluding carboxylic acids is 1. The molecule has 0 bridgehead atoms. The Hall–Kier alpha value is -3.39. The van der Waals surface area contributed by atoms with E-state index in [-0.39, 0.29) is 5.91 Å². The van der Waals surface area contributed by atoms with E-state index in [1.807, 2.05) is 17.5 Å². The molecule has 0 saturated carbocycles. The molecule has 136 valence electrons. The lowest BCUT2D eigenvalue weighted by molar-refractivity contribution is 0.102. The zero-order valence-electron chi connectivity index (χ0n) is 14.6. The van der Waals surface area contributed by atoms with E-state index in [1.165, 1.54) is 11.3 Å². The lowest BCUT2D eigenvalue weighted by Gasteiger charge is -2.08. The van der Waals surface area contributed by atoms with Gasteiger partial charge in [-0.2, -0.15) is 0 Å². The summed E-state index contributed by atoms with van der Waals surface area (Å²) in [6.45, 7) is 0. The first-order chi connectivity index (χ1) is 13.2. The number of thiazole rings is 1. The van der Waals surface area contributed by atoms with Crippen molar-refractivity contribution in [3.63, 3.8) is 0 Å². The van der Waals surface area contributed by atoms with Gasteiger partial charge in [0, 0.05) is 22.6 Å².